The zero-order valence-electron chi connectivity index (χ0n) is 10.5. The van der Waals surface area contributed by atoms with Crippen LogP contribution in [0.3, 0.4) is 0 Å². The molecular weight excluding hydrogens is 214 g/mol. The van der Waals surface area contributed by atoms with E-state index in [1.54, 1.807) is 0 Å². The zero-order chi connectivity index (χ0) is 11.9. The number of hydrogen-bond acceptors (Lipinski definition) is 3. The molecule has 0 amide bonds. The summed E-state index contributed by atoms with van der Waals surface area (Å²) in [6, 6.07) is 8.80. The van der Waals surface area contributed by atoms with Gasteiger partial charge in [0.1, 0.15) is 0 Å². The average Bonchev–Trinajstić information content (AvgIpc) is 2.41. The third-order valence-corrected chi connectivity index (χ3v) is 3.05. The standard InChI is InChI=1S/C14H21NO2/c1-2-16-10-7-13-3-5-14(6-4-13)15-8-11-17-12-9-15/h3-6H,2,7-12H2,1H3. The third-order valence-electron chi connectivity index (χ3n) is 3.05. The number of morpholine rings is 1. The fraction of sp³-hybridized carbons (Fsp3) is 0.571. The van der Waals surface area contributed by atoms with Crippen LogP contribution in [0.25, 0.3) is 0 Å². The van der Waals surface area contributed by atoms with Gasteiger partial charge in [0.25, 0.3) is 0 Å². The average molecular weight is 235 g/mol. The molecule has 0 atom stereocenters. The Morgan fingerprint density at radius 3 is 2.53 bits per heavy atom. The molecule has 1 saturated heterocycles. The van der Waals surface area contributed by atoms with E-state index in [4.69, 9.17) is 9.47 Å². The highest BCUT2D eigenvalue weighted by atomic mass is 16.5. The van der Waals surface area contributed by atoms with Gasteiger partial charge in [-0.15, -0.1) is 0 Å². The first-order valence-corrected chi connectivity index (χ1v) is 6.39. The van der Waals surface area contributed by atoms with Crippen molar-refractivity contribution in [2.24, 2.45) is 0 Å². The predicted octanol–water partition coefficient (Wildman–Crippen LogP) is 2.10. The smallest absolute Gasteiger partial charge is 0.0642 e. The van der Waals surface area contributed by atoms with E-state index in [1.165, 1.54) is 11.3 Å². The van der Waals surface area contributed by atoms with Crippen LogP contribution in [0.5, 0.6) is 0 Å². The van der Waals surface area contributed by atoms with Crippen molar-refractivity contribution < 1.29 is 9.47 Å². The van der Waals surface area contributed by atoms with Gasteiger partial charge in [0.2, 0.25) is 0 Å². The highest BCUT2D eigenvalue weighted by Gasteiger charge is 2.10. The molecule has 1 heterocycles. The van der Waals surface area contributed by atoms with Crippen LogP contribution in [-0.4, -0.2) is 39.5 Å². The molecule has 0 N–H and O–H groups in total. The molecule has 0 saturated carbocycles. The summed E-state index contributed by atoms with van der Waals surface area (Å²) in [5.74, 6) is 0. The molecule has 3 heteroatoms. The molecule has 0 spiro atoms. The van der Waals surface area contributed by atoms with Crippen molar-refractivity contribution in [2.75, 3.05) is 44.4 Å². The molecule has 17 heavy (non-hydrogen) atoms. The molecule has 1 aliphatic rings. The Balaban J connectivity index is 1.88. The molecular formula is C14H21NO2. The van der Waals surface area contributed by atoms with Gasteiger partial charge in [-0.05, 0) is 31.0 Å². The molecule has 1 aromatic rings. The highest BCUT2D eigenvalue weighted by Crippen LogP contribution is 2.16. The van der Waals surface area contributed by atoms with E-state index in [9.17, 15) is 0 Å². The summed E-state index contributed by atoms with van der Waals surface area (Å²) >= 11 is 0. The summed E-state index contributed by atoms with van der Waals surface area (Å²) in [7, 11) is 0. The van der Waals surface area contributed by atoms with E-state index in [2.05, 4.69) is 29.2 Å². The van der Waals surface area contributed by atoms with Gasteiger partial charge in [-0.1, -0.05) is 12.1 Å². The molecule has 3 nitrogen and oxygen atoms in total. The van der Waals surface area contributed by atoms with E-state index >= 15 is 0 Å². The van der Waals surface area contributed by atoms with Crippen molar-refractivity contribution in [3.63, 3.8) is 0 Å². The lowest BCUT2D eigenvalue weighted by molar-refractivity contribution is 0.122. The predicted molar refractivity (Wildman–Crippen MR) is 69.7 cm³/mol. The summed E-state index contributed by atoms with van der Waals surface area (Å²) in [6.45, 7) is 7.32. The maximum atomic E-state index is 5.36. The molecule has 0 radical (unpaired) electrons. The monoisotopic (exact) mass is 235 g/mol. The first kappa shape index (κ1) is 12.4. The Morgan fingerprint density at radius 2 is 1.88 bits per heavy atom. The van der Waals surface area contributed by atoms with Crippen LogP contribution in [0, 0.1) is 0 Å². The zero-order valence-corrected chi connectivity index (χ0v) is 10.5. The first-order valence-electron chi connectivity index (χ1n) is 6.39. The second kappa shape index (κ2) is 6.62. The Kier molecular flexibility index (Phi) is 4.83. The van der Waals surface area contributed by atoms with Crippen molar-refractivity contribution in [3.8, 4) is 0 Å². The van der Waals surface area contributed by atoms with E-state index < -0.39 is 0 Å². The van der Waals surface area contributed by atoms with Crippen molar-refractivity contribution in [1.29, 1.82) is 0 Å². The number of nitrogens with zero attached hydrogens (tertiary/aromatic N) is 1. The van der Waals surface area contributed by atoms with Crippen molar-refractivity contribution in [3.05, 3.63) is 29.8 Å². The SMILES string of the molecule is CCOCCc1ccc(N2CCOCC2)cc1. The number of rotatable bonds is 5. The van der Waals surface area contributed by atoms with Gasteiger partial charge in [-0.3, -0.25) is 0 Å². The lowest BCUT2D eigenvalue weighted by Gasteiger charge is -2.28. The highest BCUT2D eigenvalue weighted by molar-refractivity contribution is 5.47. The summed E-state index contributed by atoms with van der Waals surface area (Å²) < 4.78 is 10.7. The fourth-order valence-electron chi connectivity index (χ4n) is 2.03. The van der Waals surface area contributed by atoms with Crippen molar-refractivity contribution >= 4 is 5.69 Å². The number of hydrogen-bond donors (Lipinski definition) is 0. The molecule has 2 rings (SSSR count). The second-order valence-electron chi connectivity index (χ2n) is 4.21. The summed E-state index contributed by atoms with van der Waals surface area (Å²) in [5.41, 5.74) is 2.64. The maximum Gasteiger partial charge on any atom is 0.0642 e. The first-order chi connectivity index (χ1) is 8.40. The van der Waals surface area contributed by atoms with Crippen LogP contribution in [0.4, 0.5) is 5.69 Å². The number of ether oxygens (including phenoxy) is 2. The van der Waals surface area contributed by atoms with Crippen LogP contribution >= 0.6 is 0 Å². The largest absolute Gasteiger partial charge is 0.381 e. The Labute approximate surface area is 103 Å². The van der Waals surface area contributed by atoms with Gasteiger partial charge in [0.15, 0.2) is 0 Å². The Morgan fingerprint density at radius 1 is 1.18 bits per heavy atom. The van der Waals surface area contributed by atoms with Gasteiger partial charge in [0, 0.05) is 25.4 Å². The molecule has 1 aromatic carbocycles. The van der Waals surface area contributed by atoms with Gasteiger partial charge >= 0.3 is 0 Å². The van der Waals surface area contributed by atoms with Gasteiger partial charge < -0.3 is 14.4 Å². The summed E-state index contributed by atoms with van der Waals surface area (Å²) in [5, 5.41) is 0. The van der Waals surface area contributed by atoms with Crippen LogP contribution in [0.2, 0.25) is 0 Å². The van der Waals surface area contributed by atoms with Gasteiger partial charge in [-0.25, -0.2) is 0 Å². The van der Waals surface area contributed by atoms with Gasteiger partial charge in [-0.2, -0.15) is 0 Å². The lowest BCUT2D eigenvalue weighted by Crippen LogP contribution is -2.36. The van der Waals surface area contributed by atoms with Crippen molar-refractivity contribution in [2.45, 2.75) is 13.3 Å². The molecule has 0 bridgehead atoms. The maximum absolute atomic E-state index is 5.36. The van der Waals surface area contributed by atoms with E-state index in [0.29, 0.717) is 0 Å². The van der Waals surface area contributed by atoms with Crippen molar-refractivity contribution in [1.82, 2.24) is 0 Å². The summed E-state index contributed by atoms with van der Waals surface area (Å²) in [6.07, 6.45) is 0.997. The molecule has 0 aliphatic carbocycles. The van der Waals surface area contributed by atoms with Crippen LogP contribution < -0.4 is 4.90 Å². The van der Waals surface area contributed by atoms with E-state index in [0.717, 1.165) is 45.9 Å². The Hall–Kier alpha value is -1.06. The van der Waals surface area contributed by atoms with Crippen LogP contribution in [0.15, 0.2) is 24.3 Å². The molecule has 0 aromatic heterocycles. The molecule has 1 fully saturated rings. The second-order valence-corrected chi connectivity index (χ2v) is 4.21. The fourth-order valence-corrected chi connectivity index (χ4v) is 2.03. The topological polar surface area (TPSA) is 21.7 Å². The van der Waals surface area contributed by atoms with Crippen LogP contribution in [0.1, 0.15) is 12.5 Å². The lowest BCUT2D eigenvalue weighted by atomic mass is 10.1. The minimum Gasteiger partial charge on any atom is -0.381 e. The molecule has 0 unspecified atom stereocenters. The summed E-state index contributed by atoms with van der Waals surface area (Å²) in [4.78, 5) is 2.37. The quantitative estimate of drug-likeness (QED) is 0.730. The normalized spacial score (nSPS) is 16.2. The Bertz CT molecular complexity index is 317. The minimum atomic E-state index is 0.797. The van der Waals surface area contributed by atoms with E-state index in [1.807, 2.05) is 6.92 Å². The molecule has 94 valence electrons. The van der Waals surface area contributed by atoms with E-state index in [-0.39, 0.29) is 0 Å². The molecule has 1 aliphatic heterocycles. The number of benzene rings is 1. The number of anilines is 1. The minimum absolute atomic E-state index is 0.797. The van der Waals surface area contributed by atoms with Crippen LogP contribution in [-0.2, 0) is 15.9 Å². The van der Waals surface area contributed by atoms with Gasteiger partial charge in [0.05, 0.1) is 19.8 Å². The third kappa shape index (κ3) is 3.72.